The first kappa shape index (κ1) is 17.6. The lowest BCUT2D eigenvalue weighted by atomic mass is 10.0. The van der Waals surface area contributed by atoms with Gasteiger partial charge >= 0.3 is 0 Å². The highest BCUT2D eigenvalue weighted by Gasteiger charge is 2.28. The Bertz CT molecular complexity index is 1540. The molecule has 0 bridgehead atoms. The minimum atomic E-state index is 0.611. The van der Waals surface area contributed by atoms with Crippen molar-refractivity contribution >= 4 is 10.8 Å². The van der Waals surface area contributed by atoms with Gasteiger partial charge in [0, 0.05) is 27.6 Å². The Hall–Kier alpha value is -4.54. The van der Waals surface area contributed by atoms with Crippen LogP contribution in [0.1, 0.15) is 0 Å². The van der Waals surface area contributed by atoms with Crippen molar-refractivity contribution in [2.24, 2.45) is 9.98 Å². The predicted molar refractivity (Wildman–Crippen MR) is 116 cm³/mol. The number of hydrogen-bond donors (Lipinski definition) is 0. The van der Waals surface area contributed by atoms with Gasteiger partial charge in [0.15, 0.2) is 0 Å². The Balaban J connectivity index is 2.12. The minimum Gasteiger partial charge on any atom is -0.172 e. The second-order valence-corrected chi connectivity index (χ2v) is 6.90. The Morgan fingerprint density at radius 2 is 0.933 bits per heavy atom. The Morgan fingerprint density at radius 3 is 1.50 bits per heavy atom. The Labute approximate surface area is 173 Å². The van der Waals surface area contributed by atoms with Gasteiger partial charge in [0.05, 0.1) is 10.7 Å². The largest absolute Gasteiger partial charge is 0.206 e. The van der Waals surface area contributed by atoms with Gasteiger partial charge in [-0.3, -0.25) is 0 Å². The number of fused-ring (bicyclic) bond motifs is 3. The summed E-state index contributed by atoms with van der Waals surface area (Å²) >= 11 is 0. The molecular formula is C26H14N4. The summed E-state index contributed by atoms with van der Waals surface area (Å²) in [6, 6.07) is 27.7. The van der Waals surface area contributed by atoms with Crippen molar-refractivity contribution < 1.29 is 0 Å². The maximum absolute atomic E-state index is 9.52. The molecule has 3 aromatic carbocycles. The molecule has 0 saturated carbocycles. The van der Waals surface area contributed by atoms with E-state index >= 15 is 0 Å². The first-order valence-electron chi connectivity index (χ1n) is 9.49. The van der Waals surface area contributed by atoms with Crippen molar-refractivity contribution in [2.45, 2.75) is 0 Å². The summed E-state index contributed by atoms with van der Waals surface area (Å²) in [7, 11) is 0. The summed E-state index contributed by atoms with van der Waals surface area (Å²) in [6.07, 6.45) is 3.95. The normalized spacial score (nSPS) is 12.3. The highest BCUT2D eigenvalue weighted by Crippen LogP contribution is 2.43. The van der Waals surface area contributed by atoms with Gasteiger partial charge in [-0.25, -0.2) is 0 Å². The maximum atomic E-state index is 9.52. The lowest BCUT2D eigenvalue weighted by Gasteiger charge is -2.02. The number of benzene rings is 3. The van der Waals surface area contributed by atoms with E-state index in [2.05, 4.69) is 9.98 Å². The second kappa shape index (κ2) is 7.13. The van der Waals surface area contributed by atoms with Crippen LogP contribution in [0, 0.1) is 22.9 Å². The number of nitriles is 2. The minimum absolute atomic E-state index is 0.611. The summed E-state index contributed by atoms with van der Waals surface area (Å²) < 4.78 is 0. The van der Waals surface area contributed by atoms with Crippen LogP contribution < -0.4 is 10.7 Å². The quantitative estimate of drug-likeness (QED) is 0.407. The molecule has 0 heterocycles. The van der Waals surface area contributed by atoms with Crippen LogP contribution >= 0.6 is 0 Å². The van der Waals surface area contributed by atoms with Crippen molar-refractivity contribution in [3.63, 3.8) is 0 Å². The average Bonchev–Trinajstić information content (AvgIpc) is 3.28. The molecular weight excluding hydrogens is 368 g/mol. The monoisotopic (exact) mass is 382 g/mol. The van der Waals surface area contributed by atoms with Crippen LogP contribution in [-0.2, 0) is 0 Å². The van der Waals surface area contributed by atoms with Gasteiger partial charge in [0.1, 0.15) is 0 Å². The predicted octanol–water partition coefficient (Wildman–Crippen LogP) is 4.92. The van der Waals surface area contributed by atoms with Gasteiger partial charge < -0.3 is 0 Å². The molecule has 0 atom stereocenters. The van der Waals surface area contributed by atoms with Crippen LogP contribution in [0.3, 0.4) is 0 Å². The van der Waals surface area contributed by atoms with Crippen molar-refractivity contribution in [3.05, 3.63) is 95.6 Å². The standard InChI is InChI=1S/C26H14N4/c27-15-29-25-20-14-8-7-13-19(20)23-21(17-9-3-1-4-10-17)26(30-16-28)22(24(23)25)18-11-5-2-6-12-18/h1-14H. The zero-order valence-corrected chi connectivity index (χ0v) is 15.9. The third-order valence-corrected chi connectivity index (χ3v) is 5.36. The van der Waals surface area contributed by atoms with Crippen molar-refractivity contribution in [2.75, 3.05) is 0 Å². The van der Waals surface area contributed by atoms with Crippen LogP contribution in [0.5, 0.6) is 0 Å². The van der Waals surface area contributed by atoms with Crippen LogP contribution in [0.2, 0.25) is 0 Å². The second-order valence-electron chi connectivity index (χ2n) is 6.90. The van der Waals surface area contributed by atoms with E-state index in [0.717, 1.165) is 44.2 Å². The molecule has 0 fully saturated rings. The van der Waals surface area contributed by atoms with E-state index in [-0.39, 0.29) is 0 Å². The molecule has 0 unspecified atom stereocenters. The molecule has 4 nitrogen and oxygen atoms in total. The van der Waals surface area contributed by atoms with Crippen molar-refractivity contribution in [1.82, 2.24) is 0 Å². The summed E-state index contributed by atoms with van der Waals surface area (Å²) in [5.41, 5.74) is 5.45. The van der Waals surface area contributed by atoms with Gasteiger partial charge in [-0.2, -0.15) is 20.5 Å². The highest BCUT2D eigenvalue weighted by atomic mass is 14.7. The van der Waals surface area contributed by atoms with Gasteiger partial charge in [-0.05, 0) is 16.5 Å². The molecule has 0 aliphatic heterocycles. The lowest BCUT2D eigenvalue weighted by molar-refractivity contribution is 1.34. The molecule has 2 aliphatic carbocycles. The molecule has 0 saturated heterocycles. The van der Waals surface area contributed by atoms with Crippen LogP contribution in [0.4, 0.5) is 0 Å². The molecule has 3 aromatic rings. The Kier molecular flexibility index (Phi) is 4.17. The van der Waals surface area contributed by atoms with E-state index in [4.69, 9.17) is 0 Å². The molecule has 5 rings (SSSR count). The average molecular weight is 382 g/mol. The molecule has 138 valence electrons. The smallest absolute Gasteiger partial charge is 0.172 e. The molecule has 0 amide bonds. The van der Waals surface area contributed by atoms with Crippen LogP contribution in [0.25, 0.3) is 44.2 Å². The van der Waals surface area contributed by atoms with Gasteiger partial charge in [-0.1, -0.05) is 84.9 Å². The molecule has 0 aromatic heterocycles. The maximum Gasteiger partial charge on any atom is 0.206 e. The van der Waals surface area contributed by atoms with Crippen molar-refractivity contribution in [3.8, 4) is 45.8 Å². The number of rotatable bonds is 2. The topological polar surface area (TPSA) is 72.3 Å². The van der Waals surface area contributed by atoms with Gasteiger partial charge in [0.25, 0.3) is 0 Å². The van der Waals surface area contributed by atoms with E-state index in [1.54, 1.807) is 0 Å². The molecule has 0 radical (unpaired) electrons. The van der Waals surface area contributed by atoms with E-state index in [9.17, 15) is 10.5 Å². The zero-order valence-electron chi connectivity index (χ0n) is 15.9. The summed E-state index contributed by atoms with van der Waals surface area (Å²) in [6.45, 7) is 0. The first-order chi connectivity index (χ1) is 14.8. The number of nitrogens with zero attached hydrogens (tertiary/aromatic N) is 4. The zero-order chi connectivity index (χ0) is 20.5. The molecule has 0 spiro atoms. The molecule has 30 heavy (non-hydrogen) atoms. The summed E-state index contributed by atoms with van der Waals surface area (Å²) in [5, 5.41) is 22.1. The van der Waals surface area contributed by atoms with Crippen LogP contribution in [0.15, 0.2) is 94.9 Å². The summed E-state index contributed by atoms with van der Waals surface area (Å²) in [5.74, 6) is 0. The number of hydrogen-bond acceptors (Lipinski definition) is 4. The van der Waals surface area contributed by atoms with Crippen LogP contribution in [-0.4, -0.2) is 0 Å². The fourth-order valence-electron chi connectivity index (χ4n) is 4.26. The van der Waals surface area contributed by atoms with Gasteiger partial charge in [0.2, 0.25) is 12.4 Å². The fourth-order valence-corrected chi connectivity index (χ4v) is 4.26. The first-order valence-corrected chi connectivity index (χ1v) is 9.49. The van der Waals surface area contributed by atoms with E-state index < -0.39 is 0 Å². The van der Waals surface area contributed by atoms with E-state index in [1.807, 2.05) is 97.3 Å². The Morgan fingerprint density at radius 1 is 0.467 bits per heavy atom. The molecule has 0 N–H and O–H groups in total. The highest BCUT2D eigenvalue weighted by molar-refractivity contribution is 6.13. The van der Waals surface area contributed by atoms with E-state index in [0.29, 0.717) is 10.7 Å². The fraction of sp³-hybridized carbons (Fsp3) is 0. The van der Waals surface area contributed by atoms with Crippen molar-refractivity contribution in [1.29, 1.82) is 10.5 Å². The van der Waals surface area contributed by atoms with Gasteiger partial charge in [-0.15, -0.1) is 0 Å². The SMILES string of the molecule is N#CN=c1c(-c2ccccc2)c2c(=NC#N)c3ccccc3c-2c1-c1ccccc1. The molecule has 4 heteroatoms. The third kappa shape index (κ3) is 2.53. The molecule has 2 aliphatic rings. The third-order valence-electron chi connectivity index (χ3n) is 5.36. The van der Waals surface area contributed by atoms with E-state index in [1.165, 1.54) is 0 Å². The lowest BCUT2D eigenvalue weighted by Crippen LogP contribution is -2.07. The summed E-state index contributed by atoms with van der Waals surface area (Å²) in [4.78, 5) is 8.46.